The van der Waals surface area contributed by atoms with Gasteiger partial charge in [-0.3, -0.25) is 0 Å². The molecule has 1 aromatic rings. The van der Waals surface area contributed by atoms with E-state index in [1.807, 2.05) is 12.3 Å². The number of pyridine rings is 1. The van der Waals surface area contributed by atoms with E-state index >= 15 is 0 Å². The Labute approximate surface area is 128 Å². The molecule has 116 valence electrons. The van der Waals surface area contributed by atoms with Gasteiger partial charge in [-0.15, -0.1) is 0 Å². The molecule has 2 unspecified atom stereocenters. The van der Waals surface area contributed by atoms with E-state index in [9.17, 15) is 0 Å². The van der Waals surface area contributed by atoms with Crippen molar-refractivity contribution in [2.45, 2.75) is 40.2 Å². The summed E-state index contributed by atoms with van der Waals surface area (Å²) in [7, 11) is 0. The molecule has 1 aliphatic carbocycles. The molecule has 0 fully saturated rings. The van der Waals surface area contributed by atoms with Crippen LogP contribution >= 0.6 is 0 Å². The summed E-state index contributed by atoms with van der Waals surface area (Å²) in [4.78, 5) is 4.41. The summed E-state index contributed by atoms with van der Waals surface area (Å²) in [6.45, 7) is 9.33. The van der Waals surface area contributed by atoms with Crippen molar-refractivity contribution in [3.05, 3.63) is 36.0 Å². The highest BCUT2D eigenvalue weighted by Gasteiger charge is 2.19. The highest BCUT2D eigenvalue weighted by Crippen LogP contribution is 2.26. The van der Waals surface area contributed by atoms with Gasteiger partial charge in [0.15, 0.2) is 0 Å². The Kier molecular flexibility index (Phi) is 6.24. The minimum Gasteiger partial charge on any atom is -0.477 e. The summed E-state index contributed by atoms with van der Waals surface area (Å²) in [5.74, 6) is 2.74. The molecule has 21 heavy (non-hydrogen) atoms. The SMILES string of the molecule is CC(C)CNCc1cccnc1OCC1CC=CCC1C. The highest BCUT2D eigenvalue weighted by atomic mass is 16.5. The zero-order valence-electron chi connectivity index (χ0n) is 13.5. The van der Waals surface area contributed by atoms with E-state index in [2.05, 4.69) is 49.3 Å². The first-order valence-electron chi connectivity index (χ1n) is 8.09. The van der Waals surface area contributed by atoms with Crippen LogP contribution in [0.3, 0.4) is 0 Å². The van der Waals surface area contributed by atoms with Crippen molar-refractivity contribution in [1.29, 1.82) is 0 Å². The van der Waals surface area contributed by atoms with E-state index in [4.69, 9.17) is 4.74 Å². The minimum atomic E-state index is 0.605. The number of nitrogens with one attached hydrogen (secondary N) is 1. The smallest absolute Gasteiger partial charge is 0.217 e. The minimum absolute atomic E-state index is 0.605. The van der Waals surface area contributed by atoms with Gasteiger partial charge in [-0.2, -0.15) is 0 Å². The lowest BCUT2D eigenvalue weighted by molar-refractivity contribution is 0.191. The summed E-state index contributed by atoms with van der Waals surface area (Å²) in [6.07, 6.45) is 8.65. The first-order valence-corrected chi connectivity index (χ1v) is 8.09. The van der Waals surface area contributed by atoms with Crippen LogP contribution in [0.4, 0.5) is 0 Å². The Balaban J connectivity index is 1.88. The second-order valence-corrected chi connectivity index (χ2v) is 6.48. The number of hydrogen-bond acceptors (Lipinski definition) is 3. The van der Waals surface area contributed by atoms with E-state index < -0.39 is 0 Å². The van der Waals surface area contributed by atoms with Crippen LogP contribution in [0.5, 0.6) is 5.88 Å². The van der Waals surface area contributed by atoms with Crippen LogP contribution in [0.15, 0.2) is 30.5 Å². The highest BCUT2D eigenvalue weighted by molar-refractivity contribution is 5.25. The fraction of sp³-hybridized carbons (Fsp3) is 0.611. The molecule has 0 spiro atoms. The van der Waals surface area contributed by atoms with E-state index in [1.54, 1.807) is 0 Å². The van der Waals surface area contributed by atoms with Crippen LogP contribution in [0.25, 0.3) is 0 Å². The first-order chi connectivity index (χ1) is 10.2. The Morgan fingerprint density at radius 1 is 1.33 bits per heavy atom. The zero-order chi connectivity index (χ0) is 15.1. The van der Waals surface area contributed by atoms with Crippen molar-refractivity contribution < 1.29 is 4.74 Å². The first kappa shape index (κ1) is 16.0. The van der Waals surface area contributed by atoms with E-state index in [0.717, 1.165) is 37.6 Å². The molecule has 3 nitrogen and oxygen atoms in total. The lowest BCUT2D eigenvalue weighted by Gasteiger charge is -2.25. The maximum atomic E-state index is 6.02. The van der Waals surface area contributed by atoms with Crippen LogP contribution < -0.4 is 10.1 Å². The van der Waals surface area contributed by atoms with Gasteiger partial charge in [0.1, 0.15) is 0 Å². The fourth-order valence-electron chi connectivity index (χ4n) is 2.61. The molecule has 0 bridgehead atoms. The molecule has 1 N–H and O–H groups in total. The van der Waals surface area contributed by atoms with Crippen molar-refractivity contribution in [1.82, 2.24) is 10.3 Å². The van der Waals surface area contributed by atoms with Crippen LogP contribution in [0, 0.1) is 17.8 Å². The van der Waals surface area contributed by atoms with Gasteiger partial charge in [-0.1, -0.05) is 39.0 Å². The molecule has 1 aromatic heterocycles. The topological polar surface area (TPSA) is 34.2 Å². The maximum Gasteiger partial charge on any atom is 0.217 e. The third-order valence-electron chi connectivity index (χ3n) is 4.07. The molecule has 0 aromatic carbocycles. The number of rotatable bonds is 7. The second-order valence-electron chi connectivity index (χ2n) is 6.48. The Hall–Kier alpha value is -1.35. The Morgan fingerprint density at radius 2 is 2.14 bits per heavy atom. The van der Waals surface area contributed by atoms with Gasteiger partial charge in [0.25, 0.3) is 0 Å². The number of aromatic nitrogens is 1. The predicted octanol–water partition coefficient (Wildman–Crippen LogP) is 3.81. The van der Waals surface area contributed by atoms with Crippen molar-refractivity contribution in [2.24, 2.45) is 17.8 Å². The van der Waals surface area contributed by atoms with Gasteiger partial charge in [-0.25, -0.2) is 4.98 Å². The Morgan fingerprint density at radius 3 is 2.90 bits per heavy atom. The molecule has 1 aliphatic rings. The lowest BCUT2D eigenvalue weighted by atomic mass is 9.85. The van der Waals surface area contributed by atoms with Crippen molar-refractivity contribution in [2.75, 3.05) is 13.2 Å². The molecule has 0 saturated heterocycles. The largest absolute Gasteiger partial charge is 0.477 e. The van der Waals surface area contributed by atoms with Crippen molar-refractivity contribution in [3.63, 3.8) is 0 Å². The summed E-state index contributed by atoms with van der Waals surface area (Å²) in [5, 5.41) is 3.46. The quantitative estimate of drug-likeness (QED) is 0.775. The average molecular weight is 288 g/mol. The molecule has 0 aliphatic heterocycles. The predicted molar refractivity (Wildman–Crippen MR) is 87.3 cm³/mol. The van der Waals surface area contributed by atoms with E-state index in [0.29, 0.717) is 17.8 Å². The van der Waals surface area contributed by atoms with Gasteiger partial charge >= 0.3 is 0 Å². The summed E-state index contributed by atoms with van der Waals surface area (Å²) >= 11 is 0. The van der Waals surface area contributed by atoms with Crippen LogP contribution in [0.1, 0.15) is 39.2 Å². The van der Waals surface area contributed by atoms with Gasteiger partial charge in [0.2, 0.25) is 5.88 Å². The lowest BCUT2D eigenvalue weighted by Crippen LogP contribution is -2.23. The number of hydrogen-bond donors (Lipinski definition) is 1. The average Bonchev–Trinajstić information content (AvgIpc) is 2.47. The molecule has 0 radical (unpaired) electrons. The molecular formula is C18H28N2O. The molecule has 0 amide bonds. The number of ether oxygens (including phenoxy) is 1. The summed E-state index contributed by atoms with van der Waals surface area (Å²) in [5.41, 5.74) is 1.15. The van der Waals surface area contributed by atoms with Crippen LogP contribution in [-0.2, 0) is 6.54 Å². The van der Waals surface area contributed by atoms with Gasteiger partial charge in [0.05, 0.1) is 6.61 Å². The monoisotopic (exact) mass is 288 g/mol. The summed E-state index contributed by atoms with van der Waals surface area (Å²) < 4.78 is 6.02. The third-order valence-corrected chi connectivity index (χ3v) is 4.07. The van der Waals surface area contributed by atoms with Crippen LogP contribution in [0.2, 0.25) is 0 Å². The molecule has 2 atom stereocenters. The maximum absolute atomic E-state index is 6.02. The fourth-order valence-corrected chi connectivity index (χ4v) is 2.61. The van der Waals surface area contributed by atoms with Gasteiger partial charge in [0, 0.05) is 18.3 Å². The second kappa shape index (κ2) is 8.18. The van der Waals surface area contributed by atoms with E-state index in [1.165, 1.54) is 6.42 Å². The normalized spacial score (nSPS) is 21.7. The van der Waals surface area contributed by atoms with Crippen molar-refractivity contribution in [3.8, 4) is 5.88 Å². The van der Waals surface area contributed by atoms with Gasteiger partial charge in [-0.05, 0) is 43.2 Å². The molecular weight excluding hydrogens is 260 g/mol. The number of nitrogens with zero attached hydrogens (tertiary/aromatic N) is 1. The molecule has 2 rings (SSSR count). The zero-order valence-corrected chi connectivity index (χ0v) is 13.5. The molecule has 0 saturated carbocycles. The number of allylic oxidation sites excluding steroid dienone is 2. The van der Waals surface area contributed by atoms with Crippen molar-refractivity contribution >= 4 is 0 Å². The standard InChI is InChI=1S/C18H28N2O/c1-14(2)11-19-12-16-9-6-10-20-18(16)21-13-17-8-5-4-7-15(17)3/h4-6,9-10,14-15,17,19H,7-8,11-13H2,1-3H3. The van der Waals surface area contributed by atoms with E-state index in [-0.39, 0.29) is 0 Å². The molecule has 3 heteroatoms. The Bertz CT molecular complexity index is 456. The van der Waals surface area contributed by atoms with Gasteiger partial charge < -0.3 is 10.1 Å². The summed E-state index contributed by atoms with van der Waals surface area (Å²) in [6, 6.07) is 4.07. The molecule has 1 heterocycles. The van der Waals surface area contributed by atoms with Crippen LogP contribution in [-0.4, -0.2) is 18.1 Å². The third kappa shape index (κ3) is 5.16.